The first-order chi connectivity index (χ1) is 6.79. The van der Waals surface area contributed by atoms with Crippen LogP contribution in [0.1, 0.15) is 26.7 Å². The molecule has 8 unspecified atom stereocenters. The summed E-state index contributed by atoms with van der Waals surface area (Å²) >= 11 is 0. The Hall–Kier alpha value is 0. The van der Waals surface area contributed by atoms with E-state index in [1.807, 2.05) is 0 Å². The van der Waals surface area contributed by atoms with Crippen molar-refractivity contribution in [1.29, 1.82) is 0 Å². The first kappa shape index (κ1) is 7.30. The normalized spacial score (nSPS) is 81.0. The average molecular weight is 188 g/mol. The minimum Gasteiger partial charge on any atom is -0.0622 e. The zero-order chi connectivity index (χ0) is 9.19. The molecule has 5 aliphatic carbocycles. The van der Waals surface area contributed by atoms with Crippen molar-refractivity contribution in [2.75, 3.05) is 0 Å². The van der Waals surface area contributed by atoms with Crippen LogP contribution in [0.25, 0.3) is 0 Å². The van der Waals surface area contributed by atoms with Crippen molar-refractivity contribution in [3.05, 3.63) is 0 Å². The van der Waals surface area contributed by atoms with E-state index in [1.165, 1.54) is 47.3 Å². The van der Waals surface area contributed by atoms with Gasteiger partial charge in [-0.1, -0.05) is 13.8 Å². The average Bonchev–Trinajstić information content (AvgIpc) is 2.12. The molecule has 0 amide bonds. The molecule has 0 bridgehead atoms. The third-order valence-electron chi connectivity index (χ3n) is 7.25. The molecule has 5 fully saturated rings. The Morgan fingerprint density at radius 1 is 0.571 bits per heavy atom. The lowest BCUT2D eigenvalue weighted by Crippen LogP contribution is -2.81. The standard InChI is InChI=1S/C14H20/c1-5-3-7-9(5)13-11(7)12-8-4-6(2)10(8)14(12)13/h5-14H,3-4H2,1-2H3/t5?,6?,7?,8?,9?,10?,11-,12+,13?,14?. The smallest absolute Gasteiger partial charge is 0.0312 e. The molecule has 0 saturated heterocycles. The molecule has 76 valence electrons. The summed E-state index contributed by atoms with van der Waals surface area (Å²) in [5.41, 5.74) is 0. The summed E-state index contributed by atoms with van der Waals surface area (Å²) in [6.45, 7) is 5.01. The predicted molar refractivity (Wildman–Crippen MR) is 55.5 cm³/mol. The molecule has 0 aromatic heterocycles. The van der Waals surface area contributed by atoms with E-state index in [0.717, 1.165) is 11.8 Å². The summed E-state index contributed by atoms with van der Waals surface area (Å²) in [6.07, 6.45) is 3.20. The fraction of sp³-hybridized carbons (Fsp3) is 1.00. The van der Waals surface area contributed by atoms with E-state index in [1.54, 1.807) is 12.8 Å². The molecule has 0 aliphatic heterocycles. The van der Waals surface area contributed by atoms with Gasteiger partial charge < -0.3 is 0 Å². The van der Waals surface area contributed by atoms with Gasteiger partial charge in [-0.3, -0.25) is 0 Å². The van der Waals surface area contributed by atoms with Crippen molar-refractivity contribution < 1.29 is 0 Å². The molecule has 0 nitrogen and oxygen atoms in total. The molecule has 10 atom stereocenters. The number of hydrogen-bond donors (Lipinski definition) is 0. The summed E-state index contributed by atoms with van der Waals surface area (Å²) < 4.78 is 0. The lowest BCUT2D eigenvalue weighted by molar-refractivity contribution is -0.385. The molecule has 0 spiro atoms. The summed E-state index contributed by atoms with van der Waals surface area (Å²) in [7, 11) is 0. The topological polar surface area (TPSA) is 0 Å². The maximum Gasteiger partial charge on any atom is -0.0312 e. The third kappa shape index (κ3) is 0.463. The maximum absolute atomic E-state index is 2.51. The highest BCUT2D eigenvalue weighted by molar-refractivity contribution is 5.27. The van der Waals surface area contributed by atoms with E-state index < -0.39 is 0 Å². The Morgan fingerprint density at radius 2 is 1.00 bits per heavy atom. The molecule has 14 heavy (non-hydrogen) atoms. The Bertz CT molecular complexity index is 288. The van der Waals surface area contributed by atoms with Crippen molar-refractivity contribution in [3.63, 3.8) is 0 Å². The van der Waals surface area contributed by atoms with Gasteiger partial charge in [-0.25, -0.2) is 0 Å². The van der Waals surface area contributed by atoms with Gasteiger partial charge in [0.25, 0.3) is 0 Å². The zero-order valence-electron chi connectivity index (χ0n) is 9.19. The lowest BCUT2D eigenvalue weighted by Gasteiger charge is -2.86. The van der Waals surface area contributed by atoms with Gasteiger partial charge in [0, 0.05) is 0 Å². The van der Waals surface area contributed by atoms with Crippen molar-refractivity contribution in [3.8, 4) is 0 Å². The van der Waals surface area contributed by atoms with Gasteiger partial charge in [0.15, 0.2) is 0 Å². The van der Waals surface area contributed by atoms with Crippen LogP contribution in [0.15, 0.2) is 0 Å². The van der Waals surface area contributed by atoms with Crippen LogP contribution in [0, 0.1) is 59.2 Å². The fourth-order valence-electron chi connectivity index (χ4n) is 6.85. The third-order valence-corrected chi connectivity index (χ3v) is 7.25. The number of fused-ring (bicyclic) bond motifs is 10. The van der Waals surface area contributed by atoms with Crippen LogP contribution in [-0.2, 0) is 0 Å². The Morgan fingerprint density at radius 3 is 1.36 bits per heavy atom. The van der Waals surface area contributed by atoms with E-state index in [2.05, 4.69) is 13.8 Å². The fourth-order valence-corrected chi connectivity index (χ4v) is 6.85. The predicted octanol–water partition coefficient (Wildman–Crippen LogP) is 3.04. The summed E-state index contributed by atoms with van der Waals surface area (Å²) in [5.74, 6) is 12.1. The molecule has 5 aliphatic rings. The minimum atomic E-state index is 1.11. The second-order valence-corrected chi connectivity index (χ2v) is 7.22. The van der Waals surface area contributed by atoms with Crippen LogP contribution in [-0.4, -0.2) is 0 Å². The second kappa shape index (κ2) is 1.83. The van der Waals surface area contributed by atoms with Crippen LogP contribution >= 0.6 is 0 Å². The number of rotatable bonds is 0. The van der Waals surface area contributed by atoms with Gasteiger partial charge in [-0.15, -0.1) is 0 Å². The highest BCUT2D eigenvalue weighted by Crippen LogP contribution is 2.84. The van der Waals surface area contributed by atoms with Crippen molar-refractivity contribution in [1.82, 2.24) is 0 Å². The molecule has 0 N–H and O–H groups in total. The first-order valence-electron chi connectivity index (χ1n) is 6.79. The van der Waals surface area contributed by atoms with Crippen molar-refractivity contribution in [2.45, 2.75) is 26.7 Å². The van der Waals surface area contributed by atoms with E-state index in [0.29, 0.717) is 0 Å². The van der Waals surface area contributed by atoms with E-state index in [4.69, 9.17) is 0 Å². The summed E-state index contributed by atoms with van der Waals surface area (Å²) in [5, 5.41) is 0. The van der Waals surface area contributed by atoms with Crippen LogP contribution in [0.2, 0.25) is 0 Å². The largest absolute Gasteiger partial charge is 0.0622 e. The van der Waals surface area contributed by atoms with Gasteiger partial charge in [-0.05, 0) is 72.0 Å². The molecule has 5 saturated carbocycles. The zero-order valence-corrected chi connectivity index (χ0v) is 9.19. The van der Waals surface area contributed by atoms with Crippen LogP contribution in [0.5, 0.6) is 0 Å². The summed E-state index contributed by atoms with van der Waals surface area (Å²) in [6, 6.07) is 0. The van der Waals surface area contributed by atoms with Gasteiger partial charge in [0.2, 0.25) is 0 Å². The van der Waals surface area contributed by atoms with Crippen molar-refractivity contribution in [2.24, 2.45) is 59.2 Å². The van der Waals surface area contributed by atoms with Crippen LogP contribution < -0.4 is 0 Å². The lowest BCUT2D eigenvalue weighted by atomic mass is 9.19. The molecular weight excluding hydrogens is 168 g/mol. The van der Waals surface area contributed by atoms with Crippen LogP contribution in [0.4, 0.5) is 0 Å². The van der Waals surface area contributed by atoms with Gasteiger partial charge >= 0.3 is 0 Å². The Labute approximate surface area is 86.5 Å². The molecule has 5 rings (SSSR count). The molecule has 0 radical (unpaired) electrons. The molecule has 0 aromatic carbocycles. The van der Waals surface area contributed by atoms with Crippen molar-refractivity contribution >= 4 is 0 Å². The molecule has 0 heteroatoms. The number of hydrogen-bond acceptors (Lipinski definition) is 0. The van der Waals surface area contributed by atoms with E-state index in [-0.39, 0.29) is 0 Å². The Kier molecular flexibility index (Phi) is 0.954. The highest BCUT2D eigenvalue weighted by Gasteiger charge is 2.80. The second-order valence-electron chi connectivity index (χ2n) is 7.22. The Balaban J connectivity index is 1.46. The van der Waals surface area contributed by atoms with E-state index >= 15 is 0 Å². The molecule has 0 aromatic rings. The van der Waals surface area contributed by atoms with E-state index in [9.17, 15) is 0 Å². The SMILES string of the molecule is CC1CC2C1C1C3C4C(C)CC4[C@@H]3[C@H]21. The molecule has 0 heterocycles. The van der Waals surface area contributed by atoms with Gasteiger partial charge in [0.1, 0.15) is 0 Å². The highest BCUT2D eigenvalue weighted by atomic mass is 14.8. The molecular formula is C14H20. The summed E-state index contributed by atoms with van der Waals surface area (Å²) in [4.78, 5) is 0. The quantitative estimate of drug-likeness (QED) is 0.513. The van der Waals surface area contributed by atoms with Gasteiger partial charge in [0.05, 0.1) is 0 Å². The van der Waals surface area contributed by atoms with Crippen LogP contribution in [0.3, 0.4) is 0 Å². The monoisotopic (exact) mass is 188 g/mol. The maximum atomic E-state index is 2.51. The minimum absolute atomic E-state index is 1.11. The van der Waals surface area contributed by atoms with Gasteiger partial charge in [-0.2, -0.15) is 0 Å². The first-order valence-corrected chi connectivity index (χ1v) is 6.79.